The maximum atomic E-state index is 6.13. The molecule has 0 aliphatic carbocycles. The molecule has 0 amide bonds. The van der Waals surface area contributed by atoms with Gasteiger partial charge in [0.05, 0.1) is 16.8 Å². The fraction of sp³-hybridized carbons (Fsp3) is 0.250. The maximum absolute atomic E-state index is 6.13. The van der Waals surface area contributed by atoms with Crippen molar-refractivity contribution in [1.29, 1.82) is 0 Å². The molecule has 0 bridgehead atoms. The second-order valence-electron chi connectivity index (χ2n) is 5.00. The lowest BCUT2D eigenvalue weighted by atomic mass is 10.1. The van der Waals surface area contributed by atoms with Gasteiger partial charge < -0.3 is 10.6 Å². The molecular formula is C16H18Cl2N2. The predicted molar refractivity (Wildman–Crippen MR) is 88.9 cm³/mol. The Morgan fingerprint density at radius 1 is 1.15 bits per heavy atom. The number of rotatable bonds is 3. The molecule has 0 saturated heterocycles. The second kappa shape index (κ2) is 5.94. The minimum atomic E-state index is 0.187. The van der Waals surface area contributed by atoms with E-state index < -0.39 is 0 Å². The molecular weight excluding hydrogens is 291 g/mol. The highest BCUT2D eigenvalue weighted by atomic mass is 35.5. The molecule has 2 N–H and O–H groups in total. The van der Waals surface area contributed by atoms with E-state index in [1.807, 2.05) is 44.3 Å². The van der Waals surface area contributed by atoms with Crippen molar-refractivity contribution in [3.8, 4) is 0 Å². The summed E-state index contributed by atoms with van der Waals surface area (Å²) in [5.41, 5.74) is 9.76. The molecule has 0 aliphatic rings. The molecule has 20 heavy (non-hydrogen) atoms. The summed E-state index contributed by atoms with van der Waals surface area (Å²) in [5.74, 6) is 0. The minimum absolute atomic E-state index is 0.187. The van der Waals surface area contributed by atoms with Gasteiger partial charge in [-0.1, -0.05) is 35.3 Å². The number of nitrogens with two attached hydrogens (primary N) is 1. The number of anilines is 2. The zero-order chi connectivity index (χ0) is 14.9. The Morgan fingerprint density at radius 3 is 2.50 bits per heavy atom. The summed E-state index contributed by atoms with van der Waals surface area (Å²) in [6.07, 6.45) is 0. The van der Waals surface area contributed by atoms with Gasteiger partial charge in [-0.25, -0.2) is 0 Å². The van der Waals surface area contributed by atoms with Gasteiger partial charge in [0.15, 0.2) is 0 Å². The van der Waals surface area contributed by atoms with E-state index in [1.54, 1.807) is 0 Å². The Hall–Kier alpha value is -1.38. The van der Waals surface area contributed by atoms with Crippen molar-refractivity contribution >= 4 is 34.6 Å². The first-order chi connectivity index (χ1) is 9.40. The molecule has 1 unspecified atom stereocenters. The normalized spacial score (nSPS) is 12.2. The molecule has 0 spiro atoms. The van der Waals surface area contributed by atoms with Gasteiger partial charge in [-0.15, -0.1) is 0 Å². The number of nitrogen functional groups attached to an aromatic ring is 1. The molecule has 0 saturated carbocycles. The number of nitrogens with zero attached hydrogens (tertiary/aromatic N) is 1. The van der Waals surface area contributed by atoms with Crippen LogP contribution in [0.4, 0.5) is 11.4 Å². The Kier molecular flexibility index (Phi) is 4.46. The molecule has 0 fully saturated rings. The molecule has 0 aromatic heterocycles. The van der Waals surface area contributed by atoms with Crippen LogP contribution in [0.3, 0.4) is 0 Å². The van der Waals surface area contributed by atoms with E-state index in [1.165, 1.54) is 0 Å². The van der Waals surface area contributed by atoms with E-state index in [0.29, 0.717) is 10.7 Å². The monoisotopic (exact) mass is 308 g/mol. The van der Waals surface area contributed by atoms with Crippen LogP contribution in [0.5, 0.6) is 0 Å². The van der Waals surface area contributed by atoms with Gasteiger partial charge in [-0.05, 0) is 49.2 Å². The van der Waals surface area contributed by atoms with E-state index >= 15 is 0 Å². The summed E-state index contributed by atoms with van der Waals surface area (Å²) in [6.45, 7) is 4.17. The van der Waals surface area contributed by atoms with Crippen LogP contribution in [-0.4, -0.2) is 7.05 Å². The van der Waals surface area contributed by atoms with Gasteiger partial charge in [-0.3, -0.25) is 0 Å². The van der Waals surface area contributed by atoms with Gasteiger partial charge in [0, 0.05) is 17.8 Å². The Labute approximate surface area is 130 Å². The zero-order valence-corrected chi connectivity index (χ0v) is 13.3. The van der Waals surface area contributed by atoms with E-state index in [0.717, 1.165) is 21.8 Å². The van der Waals surface area contributed by atoms with Crippen LogP contribution in [0, 0.1) is 6.92 Å². The standard InChI is InChI=1S/C16H18Cl2N2/c1-10-7-15(19)14(18)9-16(10)20(3)11(2)12-5-4-6-13(17)8-12/h4-9,11H,19H2,1-3H3. The highest BCUT2D eigenvalue weighted by Crippen LogP contribution is 2.33. The largest absolute Gasteiger partial charge is 0.398 e. The SMILES string of the molecule is Cc1cc(N)c(Cl)cc1N(C)C(C)c1cccc(Cl)c1. The zero-order valence-electron chi connectivity index (χ0n) is 11.8. The van der Waals surface area contributed by atoms with Crippen molar-refractivity contribution in [2.45, 2.75) is 19.9 Å². The average Bonchev–Trinajstić information content (AvgIpc) is 2.41. The first-order valence-corrected chi connectivity index (χ1v) is 7.19. The third-order valence-electron chi connectivity index (χ3n) is 3.61. The van der Waals surface area contributed by atoms with Gasteiger partial charge in [0.1, 0.15) is 0 Å². The topological polar surface area (TPSA) is 29.3 Å². The summed E-state index contributed by atoms with van der Waals surface area (Å²) in [4.78, 5) is 2.17. The van der Waals surface area contributed by atoms with Crippen molar-refractivity contribution < 1.29 is 0 Å². The summed E-state index contributed by atoms with van der Waals surface area (Å²) in [7, 11) is 2.04. The third-order valence-corrected chi connectivity index (χ3v) is 4.17. The fourth-order valence-corrected chi connectivity index (χ4v) is 2.63. The van der Waals surface area contributed by atoms with Crippen molar-refractivity contribution in [2.24, 2.45) is 0 Å². The van der Waals surface area contributed by atoms with Crippen LogP contribution >= 0.6 is 23.2 Å². The van der Waals surface area contributed by atoms with Crippen LogP contribution in [0.25, 0.3) is 0 Å². The Bertz CT molecular complexity index is 626. The Balaban J connectivity index is 2.36. The molecule has 2 aromatic rings. The van der Waals surface area contributed by atoms with Crippen LogP contribution in [0.15, 0.2) is 36.4 Å². The van der Waals surface area contributed by atoms with E-state index in [-0.39, 0.29) is 6.04 Å². The lowest BCUT2D eigenvalue weighted by Gasteiger charge is -2.29. The number of benzene rings is 2. The smallest absolute Gasteiger partial charge is 0.0656 e. The molecule has 2 nitrogen and oxygen atoms in total. The van der Waals surface area contributed by atoms with E-state index in [2.05, 4.69) is 17.9 Å². The third kappa shape index (κ3) is 3.02. The Morgan fingerprint density at radius 2 is 1.85 bits per heavy atom. The molecule has 2 aromatic carbocycles. The number of hydrogen-bond acceptors (Lipinski definition) is 2. The number of hydrogen-bond donors (Lipinski definition) is 1. The number of halogens is 2. The predicted octanol–water partition coefficient (Wildman–Crippen LogP) is 5.08. The van der Waals surface area contributed by atoms with E-state index in [4.69, 9.17) is 28.9 Å². The van der Waals surface area contributed by atoms with Crippen molar-refractivity contribution in [1.82, 2.24) is 0 Å². The van der Waals surface area contributed by atoms with Gasteiger partial charge in [0.25, 0.3) is 0 Å². The lowest BCUT2D eigenvalue weighted by molar-refractivity contribution is 0.738. The van der Waals surface area contributed by atoms with Crippen molar-refractivity contribution in [3.05, 3.63) is 57.6 Å². The second-order valence-corrected chi connectivity index (χ2v) is 5.85. The van der Waals surface area contributed by atoms with Crippen LogP contribution in [-0.2, 0) is 0 Å². The lowest BCUT2D eigenvalue weighted by Crippen LogP contribution is -2.22. The summed E-state index contributed by atoms with van der Waals surface area (Å²) in [5, 5.41) is 1.32. The van der Waals surface area contributed by atoms with Gasteiger partial charge >= 0.3 is 0 Å². The van der Waals surface area contributed by atoms with Crippen LogP contribution < -0.4 is 10.6 Å². The molecule has 4 heteroatoms. The van der Waals surface area contributed by atoms with Crippen molar-refractivity contribution in [3.63, 3.8) is 0 Å². The molecule has 106 valence electrons. The first kappa shape index (κ1) is 15.0. The van der Waals surface area contributed by atoms with Crippen LogP contribution in [0.2, 0.25) is 10.0 Å². The highest BCUT2D eigenvalue weighted by Gasteiger charge is 2.15. The highest BCUT2D eigenvalue weighted by molar-refractivity contribution is 6.33. The quantitative estimate of drug-likeness (QED) is 0.801. The molecule has 0 radical (unpaired) electrons. The van der Waals surface area contributed by atoms with Crippen molar-refractivity contribution in [2.75, 3.05) is 17.7 Å². The minimum Gasteiger partial charge on any atom is -0.398 e. The fourth-order valence-electron chi connectivity index (χ4n) is 2.27. The molecule has 2 rings (SSSR count). The summed E-state index contributed by atoms with van der Waals surface area (Å²) >= 11 is 12.2. The average molecular weight is 309 g/mol. The first-order valence-electron chi connectivity index (χ1n) is 6.44. The molecule has 0 aliphatic heterocycles. The summed E-state index contributed by atoms with van der Waals surface area (Å²) < 4.78 is 0. The van der Waals surface area contributed by atoms with Gasteiger partial charge in [-0.2, -0.15) is 0 Å². The molecule has 0 heterocycles. The summed E-state index contributed by atoms with van der Waals surface area (Å²) in [6, 6.07) is 11.9. The molecule has 1 atom stereocenters. The van der Waals surface area contributed by atoms with Crippen LogP contribution in [0.1, 0.15) is 24.1 Å². The van der Waals surface area contributed by atoms with E-state index in [9.17, 15) is 0 Å². The maximum Gasteiger partial charge on any atom is 0.0656 e. The van der Waals surface area contributed by atoms with Gasteiger partial charge in [0.2, 0.25) is 0 Å². The number of aryl methyl sites for hydroxylation is 1.